The number of aliphatic hydroxyl groups excluding tert-OH is 1. The highest BCUT2D eigenvalue weighted by Gasteiger charge is 2.76. The molecular formula is C22H30F2O4. The van der Waals surface area contributed by atoms with E-state index >= 15 is 8.78 Å². The van der Waals surface area contributed by atoms with Crippen LogP contribution < -0.4 is 0 Å². The maximum Gasteiger partial charge on any atom is 0.162 e. The molecule has 0 spiro atoms. The minimum absolute atomic E-state index is 0.0567. The molecule has 4 aliphatic rings. The molecule has 9 atom stereocenters. The molecule has 6 heteroatoms. The first kappa shape index (κ1) is 20.1. The molecule has 28 heavy (non-hydrogen) atoms. The summed E-state index contributed by atoms with van der Waals surface area (Å²) in [6.07, 6.45) is -1.14. The van der Waals surface area contributed by atoms with Crippen molar-refractivity contribution >= 4 is 11.6 Å². The maximum atomic E-state index is 16.9. The van der Waals surface area contributed by atoms with Crippen molar-refractivity contribution in [3.05, 3.63) is 11.6 Å². The maximum absolute atomic E-state index is 16.9. The molecule has 0 heterocycles. The minimum atomic E-state index is -2.09. The van der Waals surface area contributed by atoms with Gasteiger partial charge in [-0.05, 0) is 56.1 Å². The molecule has 0 saturated heterocycles. The molecule has 0 radical (unpaired) electrons. The highest BCUT2D eigenvalue weighted by atomic mass is 19.1. The van der Waals surface area contributed by atoms with Crippen LogP contribution in [0.25, 0.3) is 0 Å². The Morgan fingerprint density at radius 3 is 2.50 bits per heavy atom. The van der Waals surface area contributed by atoms with Crippen LogP contribution in [0.5, 0.6) is 0 Å². The second-order valence-corrected chi connectivity index (χ2v) is 10.2. The third-order valence-corrected chi connectivity index (χ3v) is 9.14. The second kappa shape index (κ2) is 5.72. The van der Waals surface area contributed by atoms with Gasteiger partial charge in [0.2, 0.25) is 0 Å². The van der Waals surface area contributed by atoms with Gasteiger partial charge in [-0.25, -0.2) is 8.78 Å². The van der Waals surface area contributed by atoms with Gasteiger partial charge in [0.15, 0.2) is 11.6 Å². The molecule has 4 rings (SSSR count). The zero-order valence-electron chi connectivity index (χ0n) is 17.0. The van der Waals surface area contributed by atoms with Crippen LogP contribution in [0.15, 0.2) is 11.6 Å². The van der Waals surface area contributed by atoms with Gasteiger partial charge in [-0.3, -0.25) is 9.59 Å². The number of alkyl halides is 2. The van der Waals surface area contributed by atoms with Crippen molar-refractivity contribution in [1.82, 2.24) is 0 Å². The molecule has 4 nitrogen and oxygen atoms in total. The van der Waals surface area contributed by atoms with Gasteiger partial charge in [-0.2, -0.15) is 0 Å². The highest BCUT2D eigenvalue weighted by Crippen LogP contribution is 2.71. The summed E-state index contributed by atoms with van der Waals surface area (Å²) in [6, 6.07) is 0. The number of halogens is 2. The lowest BCUT2D eigenvalue weighted by Gasteiger charge is -2.63. The summed E-state index contributed by atoms with van der Waals surface area (Å²) in [5, 5.41) is 22.4. The van der Waals surface area contributed by atoms with Crippen molar-refractivity contribution in [2.24, 2.45) is 28.6 Å². The fourth-order valence-electron chi connectivity index (χ4n) is 7.65. The Kier molecular flexibility index (Phi) is 4.12. The minimum Gasteiger partial charge on any atom is -0.390 e. The van der Waals surface area contributed by atoms with Crippen molar-refractivity contribution in [1.29, 1.82) is 0 Å². The van der Waals surface area contributed by atoms with Crippen molar-refractivity contribution in [3.8, 4) is 0 Å². The molecule has 2 N–H and O–H groups in total. The molecule has 0 aliphatic heterocycles. The number of hydrogen-bond donors (Lipinski definition) is 2. The fourth-order valence-corrected chi connectivity index (χ4v) is 7.65. The molecule has 4 aliphatic carbocycles. The van der Waals surface area contributed by atoms with E-state index in [0.29, 0.717) is 6.42 Å². The van der Waals surface area contributed by atoms with E-state index in [2.05, 4.69) is 0 Å². The highest BCUT2D eigenvalue weighted by molar-refractivity contribution is 5.92. The monoisotopic (exact) mass is 396 g/mol. The van der Waals surface area contributed by atoms with E-state index in [0.717, 1.165) is 0 Å². The number of rotatable bonds is 1. The zero-order chi connectivity index (χ0) is 20.9. The Bertz CT molecular complexity index is 780. The number of Topliss-reactive ketones (excluding diaryl/α,β-unsaturated/α-hetero) is 1. The number of fused-ring (bicyclic) bond motifs is 5. The standard InChI is InChI=1S/C22H30F2O4/c1-11-7-14-15-9-17(23)16-8-13(26)5-6-19(16,3)21(15,24)18(27)10-20(14,4)22(11,28)12(2)25/h8,11,14-15,17-18,27-28H,5-7,9-10H2,1-4H3/t11-,14+,15+,17+,18-,19+,20+,21+,22+/m1/s1. The van der Waals surface area contributed by atoms with Gasteiger partial charge in [-0.15, -0.1) is 0 Å². The summed E-state index contributed by atoms with van der Waals surface area (Å²) in [7, 11) is 0. The smallest absolute Gasteiger partial charge is 0.162 e. The molecule has 3 fully saturated rings. The van der Waals surface area contributed by atoms with Gasteiger partial charge in [0, 0.05) is 23.2 Å². The average Bonchev–Trinajstić information content (AvgIpc) is 2.81. The van der Waals surface area contributed by atoms with Crippen LogP contribution >= 0.6 is 0 Å². The van der Waals surface area contributed by atoms with Crippen LogP contribution in [0.3, 0.4) is 0 Å². The first-order valence-corrected chi connectivity index (χ1v) is 10.3. The van der Waals surface area contributed by atoms with Crippen molar-refractivity contribution in [2.75, 3.05) is 0 Å². The van der Waals surface area contributed by atoms with Crippen LogP contribution in [-0.2, 0) is 9.59 Å². The normalized spacial score (nSPS) is 55.8. The molecule has 0 amide bonds. The summed E-state index contributed by atoms with van der Waals surface area (Å²) in [5.41, 5.74) is -5.86. The Morgan fingerprint density at radius 1 is 1.25 bits per heavy atom. The molecule has 0 aromatic heterocycles. The lowest BCUT2D eigenvalue weighted by atomic mass is 9.43. The van der Waals surface area contributed by atoms with E-state index < -0.39 is 52.1 Å². The molecule has 0 bridgehead atoms. The lowest BCUT2D eigenvalue weighted by molar-refractivity contribution is -0.232. The largest absolute Gasteiger partial charge is 0.390 e. The predicted molar refractivity (Wildman–Crippen MR) is 98.9 cm³/mol. The molecule has 0 aromatic rings. The van der Waals surface area contributed by atoms with Gasteiger partial charge < -0.3 is 10.2 Å². The Morgan fingerprint density at radius 2 is 1.89 bits per heavy atom. The average molecular weight is 396 g/mol. The quantitative estimate of drug-likeness (QED) is 0.714. The summed E-state index contributed by atoms with van der Waals surface area (Å²) >= 11 is 0. The van der Waals surface area contributed by atoms with E-state index in [1.54, 1.807) is 20.8 Å². The molecule has 0 aromatic carbocycles. The van der Waals surface area contributed by atoms with Gasteiger partial charge in [0.05, 0.1) is 6.10 Å². The summed E-state index contributed by atoms with van der Waals surface area (Å²) in [5.74, 6) is -2.22. The summed E-state index contributed by atoms with van der Waals surface area (Å²) in [4.78, 5) is 24.3. The number of aliphatic hydroxyl groups is 2. The lowest BCUT2D eigenvalue weighted by Crippen LogP contribution is -2.70. The van der Waals surface area contributed by atoms with Gasteiger partial charge in [-0.1, -0.05) is 20.8 Å². The van der Waals surface area contributed by atoms with E-state index in [1.165, 1.54) is 13.0 Å². The van der Waals surface area contributed by atoms with Crippen LogP contribution in [0.4, 0.5) is 8.78 Å². The SMILES string of the molecule is CC(=O)[C@@]1(O)[C@H](C)C[C@H]2[C@@H]3C[C@H](F)C4=CC(=O)CC[C@]4(C)[C@@]3(F)[C@H](O)C[C@@]21C. The van der Waals surface area contributed by atoms with Crippen molar-refractivity contribution in [2.45, 2.75) is 83.3 Å². The zero-order valence-corrected chi connectivity index (χ0v) is 17.0. The van der Waals surface area contributed by atoms with Crippen LogP contribution in [0, 0.1) is 28.6 Å². The van der Waals surface area contributed by atoms with E-state index in [-0.39, 0.29) is 42.8 Å². The van der Waals surface area contributed by atoms with Crippen molar-refractivity contribution < 1.29 is 28.6 Å². The Hall–Kier alpha value is -1.14. The summed E-state index contributed by atoms with van der Waals surface area (Å²) in [6.45, 7) is 6.49. The third-order valence-electron chi connectivity index (χ3n) is 9.14. The van der Waals surface area contributed by atoms with Gasteiger partial charge >= 0.3 is 0 Å². The molecule has 0 unspecified atom stereocenters. The third kappa shape index (κ3) is 2.01. The number of carbonyl (C=O) groups excluding carboxylic acids is 2. The van der Waals surface area contributed by atoms with E-state index in [9.17, 15) is 19.8 Å². The first-order valence-electron chi connectivity index (χ1n) is 10.3. The number of hydrogen-bond acceptors (Lipinski definition) is 4. The van der Waals surface area contributed by atoms with Crippen LogP contribution in [0.2, 0.25) is 0 Å². The van der Waals surface area contributed by atoms with E-state index in [4.69, 9.17) is 0 Å². The number of carbonyl (C=O) groups is 2. The van der Waals surface area contributed by atoms with Crippen LogP contribution in [0.1, 0.15) is 59.8 Å². The summed E-state index contributed by atoms with van der Waals surface area (Å²) < 4.78 is 32.1. The fraction of sp³-hybridized carbons (Fsp3) is 0.818. The number of allylic oxidation sites excluding steroid dienone is 1. The predicted octanol–water partition coefficient (Wildman–Crippen LogP) is 3.10. The first-order chi connectivity index (χ1) is 12.8. The second-order valence-electron chi connectivity index (χ2n) is 10.2. The Labute approximate surface area is 164 Å². The number of ketones is 2. The topological polar surface area (TPSA) is 74.6 Å². The Balaban J connectivity index is 1.87. The van der Waals surface area contributed by atoms with Crippen LogP contribution in [-0.4, -0.2) is 45.3 Å². The van der Waals surface area contributed by atoms with Gasteiger partial charge in [0.25, 0.3) is 0 Å². The molecule has 3 saturated carbocycles. The van der Waals surface area contributed by atoms with E-state index in [1.807, 2.05) is 0 Å². The van der Waals surface area contributed by atoms with Gasteiger partial charge in [0.1, 0.15) is 17.4 Å². The van der Waals surface area contributed by atoms with Crippen molar-refractivity contribution in [3.63, 3.8) is 0 Å². The molecular weight excluding hydrogens is 366 g/mol. The molecule has 156 valence electrons.